The molecule has 2 N–H and O–H groups in total. The highest BCUT2D eigenvalue weighted by molar-refractivity contribution is 5.69. The maximum atomic E-state index is 10.9. The minimum Gasteiger partial charge on any atom is -0.459 e. The van der Waals surface area contributed by atoms with Crippen molar-refractivity contribution in [2.75, 3.05) is 0 Å². The summed E-state index contributed by atoms with van der Waals surface area (Å²) in [5.74, 6) is 1.12. The molecule has 94 valence electrons. The zero-order valence-electron chi connectivity index (χ0n) is 10.00. The predicted molar refractivity (Wildman–Crippen MR) is 68.0 cm³/mol. The molecule has 5 nitrogen and oxygen atoms in total. The lowest BCUT2D eigenvalue weighted by molar-refractivity contribution is -0.384. The van der Waals surface area contributed by atoms with E-state index in [1.54, 1.807) is 30.3 Å². The number of hydrogen-bond donors (Lipinski definition) is 1. The van der Waals surface area contributed by atoms with Gasteiger partial charge in [-0.15, -0.1) is 0 Å². The lowest BCUT2D eigenvalue weighted by Crippen LogP contribution is -2.06. The Balaban J connectivity index is 2.43. The van der Waals surface area contributed by atoms with E-state index in [0.717, 1.165) is 6.42 Å². The fourth-order valence-electron chi connectivity index (χ4n) is 1.74. The van der Waals surface area contributed by atoms with Crippen molar-refractivity contribution < 1.29 is 9.34 Å². The van der Waals surface area contributed by atoms with Crippen LogP contribution >= 0.6 is 0 Å². The first-order valence-electron chi connectivity index (χ1n) is 5.72. The third-order valence-corrected chi connectivity index (χ3v) is 2.80. The fraction of sp³-hybridized carbons (Fsp3) is 0.231. The monoisotopic (exact) mass is 246 g/mol. The third-order valence-electron chi connectivity index (χ3n) is 2.80. The molecule has 1 aromatic carbocycles. The van der Waals surface area contributed by atoms with E-state index in [2.05, 4.69) is 0 Å². The van der Waals surface area contributed by atoms with Crippen LogP contribution < -0.4 is 5.73 Å². The van der Waals surface area contributed by atoms with Crippen molar-refractivity contribution in [1.29, 1.82) is 0 Å². The van der Waals surface area contributed by atoms with Gasteiger partial charge >= 0.3 is 0 Å². The van der Waals surface area contributed by atoms with Gasteiger partial charge in [-0.1, -0.05) is 19.1 Å². The average molecular weight is 246 g/mol. The number of nitrogens with zero attached hydrogens (tertiary/aromatic N) is 1. The van der Waals surface area contributed by atoms with Crippen LogP contribution in [0.2, 0.25) is 0 Å². The lowest BCUT2D eigenvalue weighted by Gasteiger charge is -2.04. The predicted octanol–water partition coefficient (Wildman–Crippen LogP) is 3.26. The van der Waals surface area contributed by atoms with E-state index in [4.69, 9.17) is 10.2 Å². The van der Waals surface area contributed by atoms with Crippen molar-refractivity contribution >= 4 is 5.69 Å². The van der Waals surface area contributed by atoms with Crippen molar-refractivity contribution in [3.63, 3.8) is 0 Å². The summed E-state index contributed by atoms with van der Waals surface area (Å²) in [6.07, 6.45) is 0.754. The molecule has 18 heavy (non-hydrogen) atoms. The summed E-state index contributed by atoms with van der Waals surface area (Å²) >= 11 is 0. The molecule has 0 aliphatic carbocycles. The molecule has 1 atom stereocenters. The normalized spacial score (nSPS) is 12.3. The van der Waals surface area contributed by atoms with Gasteiger partial charge in [0.1, 0.15) is 11.5 Å². The van der Waals surface area contributed by atoms with Gasteiger partial charge in [-0.3, -0.25) is 10.1 Å². The molecule has 0 saturated heterocycles. The van der Waals surface area contributed by atoms with Crippen LogP contribution in [0.3, 0.4) is 0 Å². The number of furan rings is 1. The number of nitrogens with two attached hydrogens (primary N) is 1. The molecule has 0 amide bonds. The molecule has 1 heterocycles. The SMILES string of the molecule is CC[C@@H](N)c1ccc(-c2ccccc2[N+](=O)[O-])o1. The Morgan fingerprint density at radius 1 is 1.33 bits per heavy atom. The van der Waals surface area contributed by atoms with Crippen molar-refractivity contribution in [1.82, 2.24) is 0 Å². The van der Waals surface area contributed by atoms with E-state index in [1.165, 1.54) is 6.07 Å². The van der Waals surface area contributed by atoms with Crippen LogP contribution in [0, 0.1) is 10.1 Å². The van der Waals surface area contributed by atoms with Gasteiger partial charge in [-0.2, -0.15) is 0 Å². The Labute approximate surface area is 104 Å². The number of nitro groups is 1. The van der Waals surface area contributed by atoms with Crippen molar-refractivity contribution in [3.8, 4) is 11.3 Å². The highest BCUT2D eigenvalue weighted by Gasteiger charge is 2.18. The quantitative estimate of drug-likeness (QED) is 0.663. The Hall–Kier alpha value is -2.14. The zero-order chi connectivity index (χ0) is 13.1. The van der Waals surface area contributed by atoms with E-state index in [0.29, 0.717) is 17.1 Å². The molecule has 0 bridgehead atoms. The summed E-state index contributed by atoms with van der Waals surface area (Å²) in [5.41, 5.74) is 6.36. The van der Waals surface area contributed by atoms with Gasteiger partial charge in [0.05, 0.1) is 16.5 Å². The summed E-state index contributed by atoms with van der Waals surface area (Å²) in [4.78, 5) is 10.5. The number of hydrogen-bond acceptors (Lipinski definition) is 4. The molecule has 0 spiro atoms. The van der Waals surface area contributed by atoms with Crippen molar-refractivity contribution in [3.05, 3.63) is 52.3 Å². The van der Waals surface area contributed by atoms with Crippen LogP contribution in [0.15, 0.2) is 40.8 Å². The first kappa shape index (κ1) is 12.3. The van der Waals surface area contributed by atoms with Crippen LogP contribution in [0.1, 0.15) is 25.1 Å². The number of rotatable bonds is 4. The molecular weight excluding hydrogens is 232 g/mol. The van der Waals surface area contributed by atoms with Crippen LogP contribution in [0.4, 0.5) is 5.69 Å². The summed E-state index contributed by atoms with van der Waals surface area (Å²) in [6, 6.07) is 9.79. The second-order valence-corrected chi connectivity index (χ2v) is 3.99. The Kier molecular flexibility index (Phi) is 3.43. The summed E-state index contributed by atoms with van der Waals surface area (Å²) < 4.78 is 5.58. The molecule has 0 aliphatic rings. The summed E-state index contributed by atoms with van der Waals surface area (Å²) in [7, 11) is 0. The summed E-state index contributed by atoms with van der Waals surface area (Å²) in [6.45, 7) is 1.96. The number of nitro benzene ring substituents is 1. The van der Waals surface area contributed by atoms with Crippen LogP contribution in [0.25, 0.3) is 11.3 Å². The highest BCUT2D eigenvalue weighted by Crippen LogP contribution is 2.32. The van der Waals surface area contributed by atoms with E-state index < -0.39 is 4.92 Å². The second-order valence-electron chi connectivity index (χ2n) is 3.99. The largest absolute Gasteiger partial charge is 0.459 e. The topological polar surface area (TPSA) is 82.3 Å². The maximum Gasteiger partial charge on any atom is 0.280 e. The van der Waals surface area contributed by atoms with Crippen molar-refractivity contribution in [2.24, 2.45) is 5.73 Å². The van der Waals surface area contributed by atoms with E-state index in [9.17, 15) is 10.1 Å². The Morgan fingerprint density at radius 2 is 2.06 bits per heavy atom. The second kappa shape index (κ2) is 5.01. The lowest BCUT2D eigenvalue weighted by atomic mass is 10.1. The molecule has 5 heteroatoms. The van der Waals surface area contributed by atoms with Gasteiger partial charge in [0.15, 0.2) is 0 Å². The molecule has 0 unspecified atom stereocenters. The molecule has 1 aromatic heterocycles. The van der Waals surface area contributed by atoms with Crippen molar-refractivity contribution in [2.45, 2.75) is 19.4 Å². The number of para-hydroxylation sites is 1. The highest BCUT2D eigenvalue weighted by atomic mass is 16.6. The first-order valence-corrected chi connectivity index (χ1v) is 5.72. The van der Waals surface area contributed by atoms with Crippen LogP contribution in [0.5, 0.6) is 0 Å². The van der Waals surface area contributed by atoms with Gasteiger partial charge in [0.2, 0.25) is 0 Å². The zero-order valence-corrected chi connectivity index (χ0v) is 10.00. The van der Waals surface area contributed by atoms with E-state index in [1.807, 2.05) is 6.92 Å². The number of benzene rings is 1. The smallest absolute Gasteiger partial charge is 0.280 e. The molecule has 0 radical (unpaired) electrons. The summed E-state index contributed by atoms with van der Waals surface area (Å²) in [5, 5.41) is 10.9. The van der Waals surface area contributed by atoms with Gasteiger partial charge < -0.3 is 10.2 Å². The van der Waals surface area contributed by atoms with E-state index in [-0.39, 0.29) is 11.7 Å². The Morgan fingerprint density at radius 3 is 2.72 bits per heavy atom. The molecule has 0 saturated carbocycles. The van der Waals surface area contributed by atoms with E-state index >= 15 is 0 Å². The van der Waals surface area contributed by atoms with Gasteiger partial charge in [0.25, 0.3) is 5.69 Å². The molecular formula is C13H14N2O3. The van der Waals surface area contributed by atoms with Crippen LogP contribution in [-0.4, -0.2) is 4.92 Å². The molecule has 2 rings (SSSR count). The molecule has 0 aliphatic heterocycles. The standard InChI is InChI=1S/C13H14N2O3/c1-2-10(14)13-8-7-12(18-13)9-5-3-4-6-11(9)15(16)17/h3-8,10H,2,14H2,1H3/t10-/m1/s1. The minimum atomic E-state index is -0.419. The average Bonchev–Trinajstić information content (AvgIpc) is 2.87. The van der Waals surface area contributed by atoms with Crippen LogP contribution in [-0.2, 0) is 0 Å². The maximum absolute atomic E-state index is 10.9. The Bertz CT molecular complexity index is 563. The van der Waals surface area contributed by atoms with Gasteiger partial charge in [0, 0.05) is 6.07 Å². The van der Waals surface area contributed by atoms with Gasteiger partial charge in [-0.05, 0) is 24.6 Å². The first-order chi connectivity index (χ1) is 8.63. The third kappa shape index (κ3) is 2.26. The minimum absolute atomic E-state index is 0.0310. The molecule has 0 fully saturated rings. The van der Waals surface area contributed by atoms with Gasteiger partial charge in [-0.25, -0.2) is 0 Å². The fourth-order valence-corrected chi connectivity index (χ4v) is 1.74. The molecule has 2 aromatic rings.